The fraction of sp³-hybridized carbons (Fsp3) is 0. The highest BCUT2D eigenvalue weighted by Crippen LogP contribution is 2.26. The lowest BCUT2D eigenvalue weighted by Crippen LogP contribution is -2.12. The van der Waals surface area contributed by atoms with Crippen LogP contribution in [0.25, 0.3) is 33.6 Å². The topological polar surface area (TPSA) is 74.4 Å². The first kappa shape index (κ1) is 13.3. The van der Waals surface area contributed by atoms with Crippen LogP contribution in [0.5, 0.6) is 0 Å². The van der Waals surface area contributed by atoms with Crippen molar-refractivity contribution in [3.05, 3.63) is 56.8 Å². The Kier molecular flexibility index (Phi) is 2.92. The Bertz CT molecular complexity index is 1050. The van der Waals surface area contributed by atoms with Crippen LogP contribution in [0.2, 0.25) is 10.0 Å². The summed E-state index contributed by atoms with van der Waals surface area (Å²) in [6, 6.07) is 10.7. The average molecular weight is 331 g/mol. The largest absolute Gasteiger partial charge is 0.336 e. The van der Waals surface area contributed by atoms with Crippen LogP contribution in [-0.4, -0.2) is 19.9 Å². The summed E-state index contributed by atoms with van der Waals surface area (Å²) >= 11 is 12.0. The normalized spacial score (nSPS) is 11.4. The molecule has 5 nitrogen and oxygen atoms in total. The number of H-pyrrole nitrogens is 2. The van der Waals surface area contributed by atoms with Crippen LogP contribution >= 0.6 is 23.2 Å². The summed E-state index contributed by atoms with van der Waals surface area (Å²) in [4.78, 5) is 26.8. The molecule has 0 radical (unpaired) electrons. The van der Waals surface area contributed by atoms with Crippen molar-refractivity contribution >= 4 is 45.3 Å². The van der Waals surface area contributed by atoms with Gasteiger partial charge in [-0.1, -0.05) is 35.3 Å². The standard InChI is InChI=1S/C15H8Cl2N4O/c16-7-5-11-12(6-8(7)17)21-15(22)13(18-11)14-19-9-3-1-2-4-10(9)20-14/h1-6H,(H,19,20)(H,21,22). The smallest absolute Gasteiger partial charge is 0.278 e. The average Bonchev–Trinajstić information content (AvgIpc) is 2.92. The lowest BCUT2D eigenvalue weighted by molar-refractivity contribution is 1.17. The number of fused-ring (bicyclic) bond motifs is 2. The molecule has 0 saturated heterocycles. The Morgan fingerprint density at radius 2 is 1.64 bits per heavy atom. The van der Waals surface area contributed by atoms with Crippen LogP contribution in [0.15, 0.2) is 41.2 Å². The Hall–Kier alpha value is -2.37. The number of hydrogen-bond donors (Lipinski definition) is 2. The first-order valence-electron chi connectivity index (χ1n) is 6.46. The minimum atomic E-state index is -0.343. The molecule has 2 N–H and O–H groups in total. The number of imidazole rings is 1. The van der Waals surface area contributed by atoms with Gasteiger partial charge in [-0.15, -0.1) is 0 Å². The molecular formula is C15H8Cl2N4O. The van der Waals surface area contributed by atoms with Gasteiger partial charge in [0.2, 0.25) is 0 Å². The van der Waals surface area contributed by atoms with E-state index in [0.717, 1.165) is 11.0 Å². The van der Waals surface area contributed by atoms with Crippen LogP contribution in [0, 0.1) is 0 Å². The van der Waals surface area contributed by atoms with Gasteiger partial charge in [0.25, 0.3) is 5.56 Å². The molecule has 4 aromatic rings. The van der Waals surface area contributed by atoms with E-state index in [-0.39, 0.29) is 11.3 Å². The van der Waals surface area contributed by atoms with Gasteiger partial charge >= 0.3 is 0 Å². The van der Waals surface area contributed by atoms with Gasteiger partial charge in [0.15, 0.2) is 11.5 Å². The number of halogens is 2. The van der Waals surface area contributed by atoms with E-state index in [4.69, 9.17) is 23.2 Å². The predicted octanol–water partition coefficient (Wildman–Crippen LogP) is 3.77. The minimum Gasteiger partial charge on any atom is -0.336 e. The van der Waals surface area contributed by atoms with Gasteiger partial charge in [0.05, 0.1) is 32.1 Å². The maximum absolute atomic E-state index is 12.3. The lowest BCUT2D eigenvalue weighted by atomic mass is 10.3. The molecule has 2 aromatic carbocycles. The molecule has 0 amide bonds. The van der Waals surface area contributed by atoms with Crippen molar-refractivity contribution in [3.8, 4) is 11.5 Å². The maximum atomic E-state index is 12.3. The summed E-state index contributed by atoms with van der Waals surface area (Å²) < 4.78 is 0. The number of aromatic amines is 2. The molecule has 0 atom stereocenters. The van der Waals surface area contributed by atoms with Gasteiger partial charge in [0.1, 0.15) is 0 Å². The van der Waals surface area contributed by atoms with Crippen molar-refractivity contribution in [2.45, 2.75) is 0 Å². The zero-order valence-electron chi connectivity index (χ0n) is 11.0. The molecule has 0 fully saturated rings. The highest BCUT2D eigenvalue weighted by molar-refractivity contribution is 6.42. The number of nitrogens with one attached hydrogen (secondary N) is 2. The molecule has 4 rings (SSSR count). The summed E-state index contributed by atoms with van der Waals surface area (Å²) in [7, 11) is 0. The monoisotopic (exact) mass is 330 g/mol. The first-order chi connectivity index (χ1) is 10.6. The molecule has 108 valence electrons. The van der Waals surface area contributed by atoms with E-state index >= 15 is 0 Å². The van der Waals surface area contributed by atoms with Crippen LogP contribution in [0.1, 0.15) is 0 Å². The number of nitrogens with zero attached hydrogens (tertiary/aromatic N) is 2. The molecule has 2 aromatic heterocycles. The highest BCUT2D eigenvalue weighted by atomic mass is 35.5. The molecule has 0 saturated carbocycles. The van der Waals surface area contributed by atoms with Crippen molar-refractivity contribution in [1.82, 2.24) is 19.9 Å². The van der Waals surface area contributed by atoms with Gasteiger partial charge in [0, 0.05) is 0 Å². The Labute approximate surface area is 133 Å². The van der Waals surface area contributed by atoms with Gasteiger partial charge in [-0.3, -0.25) is 4.79 Å². The number of aromatic nitrogens is 4. The second-order valence-corrected chi connectivity index (χ2v) is 5.61. The lowest BCUT2D eigenvalue weighted by Gasteiger charge is -2.02. The molecule has 0 unspecified atom stereocenters. The molecular weight excluding hydrogens is 323 g/mol. The number of hydrogen-bond acceptors (Lipinski definition) is 3. The summed E-state index contributed by atoms with van der Waals surface area (Å²) in [6.45, 7) is 0. The minimum absolute atomic E-state index is 0.210. The third-order valence-electron chi connectivity index (χ3n) is 3.35. The SMILES string of the molecule is O=c1[nH]c2cc(Cl)c(Cl)cc2nc1-c1nc2ccccc2[nH]1. The molecule has 0 aliphatic carbocycles. The highest BCUT2D eigenvalue weighted by Gasteiger charge is 2.13. The summed E-state index contributed by atoms with van der Waals surface area (Å²) in [5.74, 6) is 0.412. The van der Waals surface area contributed by atoms with Gasteiger partial charge in [-0.25, -0.2) is 9.97 Å². The van der Waals surface area contributed by atoms with Crippen LogP contribution in [-0.2, 0) is 0 Å². The Morgan fingerprint density at radius 3 is 2.45 bits per heavy atom. The van der Waals surface area contributed by atoms with Crippen molar-refractivity contribution in [2.75, 3.05) is 0 Å². The molecule has 0 aliphatic rings. The fourth-order valence-corrected chi connectivity index (χ4v) is 2.63. The summed E-state index contributed by atoms with van der Waals surface area (Å²) in [5.41, 5.74) is 2.55. The van der Waals surface area contributed by atoms with E-state index < -0.39 is 0 Å². The Balaban J connectivity index is 1.99. The van der Waals surface area contributed by atoms with E-state index in [0.29, 0.717) is 26.9 Å². The second kappa shape index (κ2) is 4.83. The van der Waals surface area contributed by atoms with Crippen molar-refractivity contribution in [2.24, 2.45) is 0 Å². The van der Waals surface area contributed by atoms with E-state index in [9.17, 15) is 4.79 Å². The van der Waals surface area contributed by atoms with Crippen LogP contribution in [0.4, 0.5) is 0 Å². The van der Waals surface area contributed by atoms with Crippen LogP contribution in [0.3, 0.4) is 0 Å². The van der Waals surface area contributed by atoms with Crippen molar-refractivity contribution in [3.63, 3.8) is 0 Å². The number of benzene rings is 2. The fourth-order valence-electron chi connectivity index (χ4n) is 2.31. The third kappa shape index (κ3) is 2.06. The number of rotatable bonds is 1. The van der Waals surface area contributed by atoms with Crippen LogP contribution < -0.4 is 5.56 Å². The molecule has 2 heterocycles. The summed E-state index contributed by atoms with van der Waals surface area (Å²) in [6.07, 6.45) is 0. The zero-order valence-corrected chi connectivity index (χ0v) is 12.5. The predicted molar refractivity (Wildman–Crippen MR) is 87.5 cm³/mol. The van der Waals surface area contributed by atoms with E-state index in [1.54, 1.807) is 12.1 Å². The van der Waals surface area contributed by atoms with Gasteiger partial charge in [-0.05, 0) is 24.3 Å². The quantitative estimate of drug-likeness (QED) is 0.557. The van der Waals surface area contributed by atoms with Gasteiger partial charge < -0.3 is 9.97 Å². The summed E-state index contributed by atoms with van der Waals surface area (Å²) in [5, 5.41) is 0.743. The van der Waals surface area contributed by atoms with E-state index in [2.05, 4.69) is 19.9 Å². The van der Waals surface area contributed by atoms with Crippen molar-refractivity contribution < 1.29 is 0 Å². The second-order valence-electron chi connectivity index (χ2n) is 4.80. The number of para-hydroxylation sites is 2. The van der Waals surface area contributed by atoms with E-state index in [1.165, 1.54) is 0 Å². The maximum Gasteiger partial charge on any atom is 0.278 e. The molecule has 7 heteroatoms. The molecule has 0 spiro atoms. The molecule has 0 aliphatic heterocycles. The third-order valence-corrected chi connectivity index (χ3v) is 4.07. The Morgan fingerprint density at radius 1 is 0.864 bits per heavy atom. The zero-order chi connectivity index (χ0) is 15.3. The van der Waals surface area contributed by atoms with E-state index in [1.807, 2.05) is 24.3 Å². The molecule has 22 heavy (non-hydrogen) atoms. The van der Waals surface area contributed by atoms with Crippen molar-refractivity contribution in [1.29, 1.82) is 0 Å². The van der Waals surface area contributed by atoms with Gasteiger partial charge in [-0.2, -0.15) is 0 Å². The molecule has 0 bridgehead atoms. The first-order valence-corrected chi connectivity index (χ1v) is 7.21.